The smallest absolute Gasteiger partial charge is 0.257 e. The standard InChI is InChI=1S/C18H13Cl2N3O2S/c19-14-5-4-10(7-15(14)20)6-13-9-22-18(26-13)23-17(25)12-3-1-2-11(8-12)16(21)24/h1-5,7-9H,6H2,(H2,21,24)(H,22,23,25). The molecule has 0 fully saturated rings. The molecule has 2 amide bonds. The van der Waals surface area contributed by atoms with Gasteiger partial charge in [-0.15, -0.1) is 11.3 Å². The Balaban J connectivity index is 1.70. The van der Waals surface area contributed by atoms with Crippen LogP contribution in [-0.4, -0.2) is 16.8 Å². The van der Waals surface area contributed by atoms with Crippen LogP contribution in [0.2, 0.25) is 10.0 Å². The lowest BCUT2D eigenvalue weighted by Crippen LogP contribution is -2.15. The van der Waals surface area contributed by atoms with E-state index in [-0.39, 0.29) is 11.5 Å². The number of carbonyl (C=O) groups is 2. The maximum absolute atomic E-state index is 12.3. The van der Waals surface area contributed by atoms with Gasteiger partial charge in [0.05, 0.1) is 10.0 Å². The van der Waals surface area contributed by atoms with E-state index in [0.29, 0.717) is 27.2 Å². The summed E-state index contributed by atoms with van der Waals surface area (Å²) >= 11 is 13.3. The average molecular weight is 406 g/mol. The highest BCUT2D eigenvalue weighted by molar-refractivity contribution is 7.15. The number of thiazole rings is 1. The number of hydrogen-bond donors (Lipinski definition) is 2. The van der Waals surface area contributed by atoms with E-state index in [2.05, 4.69) is 10.3 Å². The second kappa shape index (κ2) is 7.86. The Morgan fingerprint density at radius 1 is 1.08 bits per heavy atom. The summed E-state index contributed by atoms with van der Waals surface area (Å²) in [4.78, 5) is 28.7. The first kappa shape index (κ1) is 18.4. The van der Waals surface area contributed by atoms with Crippen LogP contribution >= 0.6 is 34.5 Å². The first-order valence-electron chi connectivity index (χ1n) is 7.52. The molecule has 0 saturated carbocycles. The number of primary amides is 1. The summed E-state index contributed by atoms with van der Waals surface area (Å²) in [6.45, 7) is 0. The van der Waals surface area contributed by atoms with Gasteiger partial charge in [0.25, 0.3) is 5.91 Å². The summed E-state index contributed by atoms with van der Waals surface area (Å²) in [6, 6.07) is 11.6. The van der Waals surface area contributed by atoms with Crippen LogP contribution in [0, 0.1) is 0 Å². The van der Waals surface area contributed by atoms with Crippen molar-refractivity contribution in [1.29, 1.82) is 0 Å². The summed E-state index contributed by atoms with van der Waals surface area (Å²) < 4.78 is 0. The number of amides is 2. The molecule has 5 nitrogen and oxygen atoms in total. The molecule has 0 aliphatic carbocycles. The minimum Gasteiger partial charge on any atom is -0.366 e. The van der Waals surface area contributed by atoms with Crippen LogP contribution in [0.25, 0.3) is 0 Å². The van der Waals surface area contributed by atoms with E-state index in [0.717, 1.165) is 10.4 Å². The summed E-state index contributed by atoms with van der Waals surface area (Å²) in [7, 11) is 0. The zero-order valence-electron chi connectivity index (χ0n) is 13.3. The van der Waals surface area contributed by atoms with Crippen LogP contribution in [0.5, 0.6) is 0 Å². The monoisotopic (exact) mass is 405 g/mol. The molecule has 26 heavy (non-hydrogen) atoms. The van der Waals surface area contributed by atoms with E-state index < -0.39 is 5.91 Å². The molecule has 1 heterocycles. The molecule has 0 radical (unpaired) electrons. The van der Waals surface area contributed by atoms with Crippen molar-refractivity contribution in [1.82, 2.24) is 4.98 Å². The fraction of sp³-hybridized carbons (Fsp3) is 0.0556. The molecular weight excluding hydrogens is 393 g/mol. The first-order valence-corrected chi connectivity index (χ1v) is 9.09. The van der Waals surface area contributed by atoms with E-state index in [9.17, 15) is 9.59 Å². The van der Waals surface area contributed by atoms with Crippen molar-refractivity contribution in [3.63, 3.8) is 0 Å². The zero-order chi connectivity index (χ0) is 18.7. The van der Waals surface area contributed by atoms with Gasteiger partial charge in [-0.3, -0.25) is 14.9 Å². The Hall–Kier alpha value is -2.41. The lowest BCUT2D eigenvalue weighted by molar-refractivity contribution is 0.1000. The van der Waals surface area contributed by atoms with Gasteiger partial charge < -0.3 is 5.73 Å². The minimum absolute atomic E-state index is 0.275. The van der Waals surface area contributed by atoms with Crippen molar-refractivity contribution in [2.75, 3.05) is 5.32 Å². The highest BCUT2D eigenvalue weighted by atomic mass is 35.5. The summed E-state index contributed by atoms with van der Waals surface area (Å²) in [5, 5.41) is 4.19. The number of carbonyl (C=O) groups excluding carboxylic acids is 2. The molecule has 8 heteroatoms. The van der Waals surface area contributed by atoms with E-state index in [1.165, 1.54) is 17.4 Å². The van der Waals surface area contributed by atoms with E-state index >= 15 is 0 Å². The van der Waals surface area contributed by atoms with Crippen molar-refractivity contribution in [2.24, 2.45) is 5.73 Å². The van der Waals surface area contributed by atoms with Gasteiger partial charge in [0.2, 0.25) is 5.91 Å². The van der Waals surface area contributed by atoms with Gasteiger partial charge >= 0.3 is 0 Å². The van der Waals surface area contributed by atoms with Crippen LogP contribution in [0.1, 0.15) is 31.2 Å². The van der Waals surface area contributed by atoms with Gasteiger partial charge in [0.1, 0.15) is 0 Å². The van der Waals surface area contributed by atoms with Gasteiger partial charge in [-0.1, -0.05) is 35.3 Å². The number of benzene rings is 2. The lowest BCUT2D eigenvalue weighted by atomic mass is 10.1. The Labute approximate surface area is 163 Å². The van der Waals surface area contributed by atoms with Crippen LogP contribution in [0.15, 0.2) is 48.7 Å². The number of aromatic nitrogens is 1. The van der Waals surface area contributed by atoms with Crippen LogP contribution < -0.4 is 11.1 Å². The lowest BCUT2D eigenvalue weighted by Gasteiger charge is -2.03. The second-order valence-corrected chi connectivity index (χ2v) is 7.39. The first-order chi connectivity index (χ1) is 12.4. The maximum Gasteiger partial charge on any atom is 0.257 e. The van der Waals surface area contributed by atoms with Gasteiger partial charge in [0.15, 0.2) is 5.13 Å². The number of nitrogens with two attached hydrogens (primary N) is 1. The van der Waals surface area contributed by atoms with Gasteiger partial charge in [-0.2, -0.15) is 0 Å². The predicted octanol–water partition coefficient (Wildman–Crippen LogP) is 4.39. The number of rotatable bonds is 5. The minimum atomic E-state index is -0.585. The normalized spacial score (nSPS) is 10.5. The maximum atomic E-state index is 12.3. The number of nitrogens with zero attached hydrogens (tertiary/aromatic N) is 1. The highest BCUT2D eigenvalue weighted by Crippen LogP contribution is 2.26. The molecule has 2 aromatic carbocycles. The van der Waals surface area contributed by atoms with Gasteiger partial charge in [0, 0.05) is 28.6 Å². The Kier molecular flexibility index (Phi) is 5.56. The van der Waals surface area contributed by atoms with E-state index in [4.69, 9.17) is 28.9 Å². The third-order valence-electron chi connectivity index (χ3n) is 3.55. The second-order valence-electron chi connectivity index (χ2n) is 5.46. The van der Waals surface area contributed by atoms with Crippen molar-refractivity contribution in [3.05, 3.63) is 80.3 Å². The molecule has 0 saturated heterocycles. The Morgan fingerprint density at radius 2 is 1.85 bits per heavy atom. The van der Waals surface area contributed by atoms with Crippen LogP contribution in [-0.2, 0) is 6.42 Å². The molecule has 3 aromatic rings. The number of hydrogen-bond acceptors (Lipinski definition) is 4. The van der Waals surface area contributed by atoms with E-state index in [1.54, 1.807) is 36.5 Å². The topological polar surface area (TPSA) is 85.1 Å². The van der Waals surface area contributed by atoms with Crippen molar-refractivity contribution in [2.45, 2.75) is 6.42 Å². The Morgan fingerprint density at radius 3 is 2.58 bits per heavy atom. The fourth-order valence-corrected chi connectivity index (χ4v) is 3.44. The van der Waals surface area contributed by atoms with Crippen molar-refractivity contribution < 1.29 is 9.59 Å². The quantitative estimate of drug-likeness (QED) is 0.659. The van der Waals surface area contributed by atoms with Gasteiger partial charge in [-0.05, 0) is 35.9 Å². The molecule has 3 N–H and O–H groups in total. The van der Waals surface area contributed by atoms with Gasteiger partial charge in [-0.25, -0.2) is 4.98 Å². The summed E-state index contributed by atoms with van der Waals surface area (Å²) in [5.74, 6) is -0.943. The van der Waals surface area contributed by atoms with Crippen LogP contribution in [0.3, 0.4) is 0 Å². The predicted molar refractivity (Wildman–Crippen MR) is 104 cm³/mol. The average Bonchev–Trinajstić information content (AvgIpc) is 3.05. The molecule has 0 atom stereocenters. The third kappa shape index (κ3) is 4.40. The molecule has 0 aliphatic rings. The molecule has 0 spiro atoms. The summed E-state index contributed by atoms with van der Waals surface area (Å²) in [6.07, 6.45) is 2.32. The third-order valence-corrected chi connectivity index (χ3v) is 5.20. The number of halogens is 2. The highest BCUT2D eigenvalue weighted by Gasteiger charge is 2.11. The van der Waals surface area contributed by atoms with Crippen molar-refractivity contribution >= 4 is 51.5 Å². The zero-order valence-corrected chi connectivity index (χ0v) is 15.7. The molecular formula is C18H13Cl2N3O2S. The summed E-state index contributed by atoms with van der Waals surface area (Å²) in [5.41, 5.74) is 6.84. The molecule has 132 valence electrons. The SMILES string of the molecule is NC(=O)c1cccc(C(=O)Nc2ncc(Cc3ccc(Cl)c(Cl)c3)s2)c1. The van der Waals surface area contributed by atoms with Crippen LogP contribution in [0.4, 0.5) is 5.13 Å². The Bertz CT molecular complexity index is 988. The largest absolute Gasteiger partial charge is 0.366 e. The fourth-order valence-electron chi connectivity index (χ4n) is 2.28. The number of nitrogens with one attached hydrogen (secondary N) is 1. The molecule has 0 aliphatic heterocycles. The molecule has 0 unspecified atom stereocenters. The van der Waals surface area contributed by atoms with E-state index in [1.807, 2.05) is 6.07 Å². The van der Waals surface area contributed by atoms with Crippen molar-refractivity contribution in [3.8, 4) is 0 Å². The molecule has 1 aromatic heterocycles. The number of anilines is 1. The molecule has 3 rings (SSSR count). The molecule has 0 bridgehead atoms.